The van der Waals surface area contributed by atoms with Gasteiger partial charge >= 0.3 is 6.09 Å². The molecule has 0 aromatic heterocycles. The number of carboxylic acid groups (broad SMARTS) is 1. The van der Waals surface area contributed by atoms with Gasteiger partial charge in [-0.2, -0.15) is 5.01 Å². The van der Waals surface area contributed by atoms with Crippen molar-refractivity contribution < 1.29 is 14.7 Å². The summed E-state index contributed by atoms with van der Waals surface area (Å²) in [6.07, 6.45) is -0.465. The molecular formula is C10H10N2O3. The zero-order chi connectivity index (χ0) is 11.3. The van der Waals surface area contributed by atoms with Gasteiger partial charge in [0.25, 0.3) is 5.91 Å². The molecule has 1 rings (SSSR count). The van der Waals surface area contributed by atoms with E-state index in [-0.39, 0.29) is 0 Å². The van der Waals surface area contributed by atoms with Crippen LogP contribution < -0.4 is 5.43 Å². The van der Waals surface area contributed by atoms with Crippen LogP contribution in [-0.4, -0.2) is 22.1 Å². The van der Waals surface area contributed by atoms with E-state index in [1.165, 1.54) is 0 Å². The lowest BCUT2D eigenvalue weighted by molar-refractivity contribution is -0.122. The Morgan fingerprint density at radius 3 is 2.40 bits per heavy atom. The standard InChI is InChI=1S/C10H10N2O3/c1-2-9(13)12(10(14)15)11-8-6-4-3-5-7-8/h2-7,11H,1H2,(H,14,15). The molecule has 1 aromatic rings. The summed E-state index contributed by atoms with van der Waals surface area (Å²) in [5, 5.41) is 9.19. The number of carbonyl (C=O) groups is 2. The third kappa shape index (κ3) is 2.84. The van der Waals surface area contributed by atoms with E-state index in [0.717, 1.165) is 6.08 Å². The minimum atomic E-state index is -1.39. The van der Waals surface area contributed by atoms with Gasteiger partial charge in [-0.05, 0) is 18.2 Å². The summed E-state index contributed by atoms with van der Waals surface area (Å²) in [6, 6.07) is 8.52. The molecule has 1 aromatic carbocycles. The van der Waals surface area contributed by atoms with Gasteiger partial charge in [-0.1, -0.05) is 24.8 Å². The molecule has 0 aliphatic carbocycles. The van der Waals surface area contributed by atoms with Crippen LogP contribution >= 0.6 is 0 Å². The third-order valence-electron chi connectivity index (χ3n) is 1.60. The molecule has 78 valence electrons. The molecule has 0 saturated carbocycles. The van der Waals surface area contributed by atoms with E-state index >= 15 is 0 Å². The van der Waals surface area contributed by atoms with E-state index in [1.807, 2.05) is 0 Å². The Bertz CT molecular complexity index is 376. The molecule has 0 atom stereocenters. The van der Waals surface area contributed by atoms with Gasteiger partial charge in [0.1, 0.15) is 0 Å². The van der Waals surface area contributed by atoms with E-state index in [2.05, 4.69) is 12.0 Å². The molecule has 15 heavy (non-hydrogen) atoms. The van der Waals surface area contributed by atoms with E-state index in [4.69, 9.17) is 5.11 Å². The maximum Gasteiger partial charge on any atom is 0.433 e. The quantitative estimate of drug-likeness (QED) is 0.583. The number of hydrazine groups is 1. The molecule has 2 amide bonds. The summed E-state index contributed by atoms with van der Waals surface area (Å²) in [5.74, 6) is -0.730. The first-order valence-corrected chi connectivity index (χ1v) is 4.16. The highest BCUT2D eigenvalue weighted by Gasteiger charge is 2.17. The number of benzene rings is 1. The van der Waals surface area contributed by atoms with Gasteiger partial charge in [0.15, 0.2) is 0 Å². The number of anilines is 1. The van der Waals surface area contributed by atoms with Gasteiger partial charge in [-0.25, -0.2) is 4.79 Å². The molecule has 5 heteroatoms. The van der Waals surface area contributed by atoms with Crippen LogP contribution in [0.1, 0.15) is 0 Å². The van der Waals surface area contributed by atoms with Crippen molar-refractivity contribution in [3.8, 4) is 0 Å². The van der Waals surface area contributed by atoms with Crippen LogP contribution in [0.2, 0.25) is 0 Å². The molecule has 2 N–H and O–H groups in total. The molecule has 0 fully saturated rings. The molecule has 0 spiro atoms. The number of para-hydroxylation sites is 1. The van der Waals surface area contributed by atoms with E-state index in [1.54, 1.807) is 30.3 Å². The van der Waals surface area contributed by atoms with Gasteiger partial charge in [0.2, 0.25) is 0 Å². The highest BCUT2D eigenvalue weighted by atomic mass is 16.4. The van der Waals surface area contributed by atoms with Crippen LogP contribution in [0.5, 0.6) is 0 Å². The number of hydrogen-bond donors (Lipinski definition) is 2. The molecule has 5 nitrogen and oxygen atoms in total. The van der Waals surface area contributed by atoms with E-state index in [0.29, 0.717) is 10.7 Å². The SMILES string of the molecule is C=CC(=O)N(Nc1ccccc1)C(=O)O. The number of nitrogens with zero attached hydrogens (tertiary/aromatic N) is 1. The Hall–Kier alpha value is -2.30. The van der Waals surface area contributed by atoms with Gasteiger partial charge in [-0.15, -0.1) is 0 Å². The van der Waals surface area contributed by atoms with Gasteiger partial charge in [-0.3, -0.25) is 10.2 Å². The predicted molar refractivity (Wildman–Crippen MR) is 55.1 cm³/mol. The van der Waals surface area contributed by atoms with Crippen LogP contribution in [0.4, 0.5) is 10.5 Å². The van der Waals surface area contributed by atoms with Crippen molar-refractivity contribution in [1.82, 2.24) is 5.01 Å². The molecule has 0 heterocycles. The van der Waals surface area contributed by atoms with Crippen LogP contribution in [0.15, 0.2) is 43.0 Å². The first kappa shape index (κ1) is 10.8. The second-order valence-electron chi connectivity index (χ2n) is 2.64. The molecular weight excluding hydrogens is 196 g/mol. The number of imide groups is 1. The van der Waals surface area contributed by atoms with Crippen molar-refractivity contribution in [3.05, 3.63) is 43.0 Å². The average molecular weight is 206 g/mol. The van der Waals surface area contributed by atoms with Crippen LogP contribution in [0.3, 0.4) is 0 Å². The fourth-order valence-corrected chi connectivity index (χ4v) is 0.930. The van der Waals surface area contributed by atoms with Gasteiger partial charge < -0.3 is 5.11 Å². The number of carbonyl (C=O) groups excluding carboxylic acids is 1. The fraction of sp³-hybridized carbons (Fsp3) is 0. The van der Waals surface area contributed by atoms with Crippen molar-refractivity contribution >= 4 is 17.7 Å². The lowest BCUT2D eigenvalue weighted by Gasteiger charge is -2.17. The smallest absolute Gasteiger partial charge is 0.433 e. The van der Waals surface area contributed by atoms with Crippen molar-refractivity contribution in [2.45, 2.75) is 0 Å². The number of hydrogen-bond acceptors (Lipinski definition) is 3. The highest BCUT2D eigenvalue weighted by Crippen LogP contribution is 2.07. The summed E-state index contributed by atoms with van der Waals surface area (Å²) in [7, 11) is 0. The van der Waals surface area contributed by atoms with E-state index < -0.39 is 12.0 Å². The summed E-state index contributed by atoms with van der Waals surface area (Å²) < 4.78 is 0. The Morgan fingerprint density at radius 2 is 1.93 bits per heavy atom. The maximum absolute atomic E-state index is 11.1. The van der Waals surface area contributed by atoms with Crippen molar-refractivity contribution in [2.24, 2.45) is 0 Å². The number of amides is 2. The maximum atomic E-state index is 11.1. The lowest BCUT2D eigenvalue weighted by Crippen LogP contribution is -2.39. The average Bonchev–Trinajstić information content (AvgIpc) is 2.26. The van der Waals surface area contributed by atoms with Crippen molar-refractivity contribution in [3.63, 3.8) is 0 Å². The summed E-state index contributed by atoms with van der Waals surface area (Å²) in [5.41, 5.74) is 2.95. The second kappa shape index (κ2) is 4.80. The van der Waals surface area contributed by atoms with Crippen LogP contribution in [0.25, 0.3) is 0 Å². The largest absolute Gasteiger partial charge is 0.463 e. The first-order valence-electron chi connectivity index (χ1n) is 4.16. The Labute approximate surface area is 86.6 Å². The molecule has 0 radical (unpaired) electrons. The highest BCUT2D eigenvalue weighted by molar-refractivity contribution is 5.98. The van der Waals surface area contributed by atoms with Crippen molar-refractivity contribution in [1.29, 1.82) is 0 Å². The molecule has 0 aliphatic heterocycles. The zero-order valence-corrected chi connectivity index (χ0v) is 7.88. The molecule has 0 aliphatic rings. The number of nitrogens with one attached hydrogen (secondary N) is 1. The second-order valence-corrected chi connectivity index (χ2v) is 2.64. The monoisotopic (exact) mass is 206 g/mol. The summed E-state index contributed by atoms with van der Waals surface area (Å²) in [4.78, 5) is 21.8. The van der Waals surface area contributed by atoms with Crippen LogP contribution in [-0.2, 0) is 4.79 Å². The minimum absolute atomic E-state index is 0.461. The van der Waals surface area contributed by atoms with Crippen molar-refractivity contribution in [2.75, 3.05) is 5.43 Å². The third-order valence-corrected chi connectivity index (χ3v) is 1.60. The lowest BCUT2D eigenvalue weighted by atomic mass is 10.3. The first-order chi connectivity index (χ1) is 7.15. The normalized spacial score (nSPS) is 9.07. The zero-order valence-electron chi connectivity index (χ0n) is 7.88. The minimum Gasteiger partial charge on any atom is -0.463 e. The summed E-state index contributed by atoms with van der Waals surface area (Å²) >= 11 is 0. The predicted octanol–water partition coefficient (Wildman–Crippen LogP) is 1.71. The topological polar surface area (TPSA) is 69.6 Å². The molecule has 0 unspecified atom stereocenters. The van der Waals surface area contributed by atoms with Gasteiger partial charge in [0.05, 0.1) is 5.69 Å². The van der Waals surface area contributed by atoms with Crippen LogP contribution in [0, 0.1) is 0 Å². The van der Waals surface area contributed by atoms with E-state index in [9.17, 15) is 9.59 Å². The number of rotatable bonds is 3. The Balaban J connectivity index is 2.80. The molecule has 0 bridgehead atoms. The summed E-state index contributed by atoms with van der Waals surface area (Å²) in [6.45, 7) is 3.21. The Kier molecular flexibility index (Phi) is 3.45. The Morgan fingerprint density at radius 1 is 1.33 bits per heavy atom. The molecule has 0 saturated heterocycles. The van der Waals surface area contributed by atoms with Gasteiger partial charge in [0, 0.05) is 0 Å². The fourth-order valence-electron chi connectivity index (χ4n) is 0.930.